The lowest BCUT2D eigenvalue weighted by molar-refractivity contribution is -0.142. The molecule has 2 aromatic carbocycles. The van der Waals surface area contributed by atoms with Gasteiger partial charge < -0.3 is 86.3 Å². The van der Waals surface area contributed by atoms with Gasteiger partial charge in [-0.1, -0.05) is 80.9 Å². The third kappa shape index (κ3) is 26.7. The number of unbranched alkanes of at least 4 members (excludes halogenated alkanes) is 1. The Balaban J connectivity index is 1.91. The molecular weight excluding hydrogens is 1160 g/mol. The van der Waals surface area contributed by atoms with E-state index in [9.17, 15) is 67.7 Å². The van der Waals surface area contributed by atoms with Gasteiger partial charge in [-0.3, -0.25) is 57.7 Å². The summed E-state index contributed by atoms with van der Waals surface area (Å²) >= 11 is 1.40. The van der Waals surface area contributed by atoms with E-state index in [1.165, 1.54) is 16.7 Å². The van der Waals surface area contributed by atoms with Gasteiger partial charge in [0.15, 0.2) is 5.96 Å². The second kappa shape index (κ2) is 39.4. The minimum absolute atomic E-state index is 0.000317. The number of carboxylic acids is 2. The summed E-state index contributed by atoms with van der Waals surface area (Å²) in [6, 6.07) is 4.86. The zero-order valence-corrected chi connectivity index (χ0v) is 51.0. The van der Waals surface area contributed by atoms with Crippen LogP contribution >= 0.6 is 11.8 Å². The zero-order valence-electron chi connectivity index (χ0n) is 50.2. The molecule has 1 fully saturated rings. The van der Waals surface area contributed by atoms with Crippen molar-refractivity contribution in [2.24, 2.45) is 39.6 Å². The van der Waals surface area contributed by atoms with Gasteiger partial charge in [-0.15, -0.1) is 0 Å². The van der Waals surface area contributed by atoms with Gasteiger partial charge in [-0.25, -0.2) is 4.79 Å². The predicted octanol–water partition coefficient (Wildman–Crippen LogP) is -2.50. The number of hydrogen-bond acceptors (Lipinski definition) is 16. The molecule has 0 unspecified atom stereocenters. The van der Waals surface area contributed by atoms with Crippen LogP contribution in [-0.2, 0) is 70.4 Å². The molecule has 29 nitrogen and oxygen atoms in total. The van der Waals surface area contributed by atoms with E-state index in [1.807, 2.05) is 0 Å². The lowest BCUT2D eigenvalue weighted by Gasteiger charge is -2.29. The Bertz CT molecular complexity index is 2690. The number of nitrogens with zero attached hydrogens (tertiary/aromatic N) is 2. The van der Waals surface area contributed by atoms with Gasteiger partial charge in [-0.05, 0) is 99.8 Å². The monoisotopic (exact) mass is 1250 g/mol. The van der Waals surface area contributed by atoms with Gasteiger partial charge in [0, 0.05) is 38.8 Å². The van der Waals surface area contributed by atoms with E-state index < -0.39 is 164 Å². The molecule has 30 heteroatoms. The molecule has 10 atom stereocenters. The van der Waals surface area contributed by atoms with Crippen LogP contribution in [0.4, 0.5) is 0 Å². The second-order valence-electron chi connectivity index (χ2n) is 21.5. The first-order chi connectivity index (χ1) is 41.9. The average molecular weight is 1250 g/mol. The number of aliphatic carboxylic acids is 2. The van der Waals surface area contributed by atoms with E-state index in [0.29, 0.717) is 49.0 Å². The van der Waals surface area contributed by atoms with Crippen LogP contribution < -0.4 is 71.2 Å². The topological polar surface area (TPSA) is 487 Å². The highest BCUT2D eigenvalue weighted by Crippen LogP contribution is 2.20. The Kier molecular flexibility index (Phi) is 33.1. The van der Waals surface area contributed by atoms with E-state index in [1.54, 1.807) is 80.8 Å². The average Bonchev–Trinajstić information content (AvgIpc) is 4.24. The maximum absolute atomic E-state index is 14.6. The number of carbonyl (C=O) groups excluding carboxylic acids is 10. The summed E-state index contributed by atoms with van der Waals surface area (Å²) in [6.07, 6.45) is 1.88. The molecule has 1 aliphatic heterocycles. The number of hydrogen-bond donors (Lipinski definition) is 15. The van der Waals surface area contributed by atoms with Crippen LogP contribution in [-0.4, -0.2) is 185 Å². The van der Waals surface area contributed by atoms with Gasteiger partial charge >= 0.3 is 11.9 Å². The molecule has 88 heavy (non-hydrogen) atoms. The number of rotatable bonds is 41. The van der Waals surface area contributed by atoms with Crippen LogP contribution in [0.25, 0.3) is 0 Å². The number of primary amides is 1. The number of thioether (sulfide) groups is 1. The Labute approximate surface area is 516 Å². The molecular formula is C58H89N15O14S. The number of carbonyl (C=O) groups is 12. The quantitative estimate of drug-likeness (QED) is 0.0186. The molecule has 0 radical (unpaired) electrons. The number of likely N-dealkylation sites (tertiary alicyclic amines) is 1. The first kappa shape index (κ1) is 73.9. The third-order valence-electron chi connectivity index (χ3n) is 14.6. The Morgan fingerprint density at radius 2 is 1.16 bits per heavy atom. The van der Waals surface area contributed by atoms with Crippen molar-refractivity contribution >= 4 is 88.7 Å². The fourth-order valence-electron chi connectivity index (χ4n) is 9.46. The minimum atomic E-state index is -1.68. The molecule has 1 saturated heterocycles. The van der Waals surface area contributed by atoms with Crippen LogP contribution in [0.3, 0.4) is 0 Å². The van der Waals surface area contributed by atoms with E-state index in [-0.39, 0.29) is 64.1 Å². The van der Waals surface area contributed by atoms with Gasteiger partial charge in [0.05, 0.1) is 12.6 Å². The number of amides is 10. The number of aliphatic imine (C=N–C) groups is 1. The van der Waals surface area contributed by atoms with Crippen molar-refractivity contribution in [2.75, 3.05) is 38.2 Å². The second-order valence-corrected chi connectivity index (χ2v) is 22.5. The number of guanidine groups is 1. The van der Waals surface area contributed by atoms with E-state index >= 15 is 0 Å². The van der Waals surface area contributed by atoms with Crippen molar-refractivity contribution in [3.63, 3.8) is 0 Å². The van der Waals surface area contributed by atoms with Crippen molar-refractivity contribution in [3.05, 3.63) is 71.8 Å². The molecule has 0 bridgehead atoms. The van der Waals surface area contributed by atoms with E-state index in [4.69, 9.17) is 28.7 Å². The first-order valence-electron chi connectivity index (χ1n) is 29.4. The normalized spacial score (nSPS) is 15.8. The number of benzene rings is 2. The highest BCUT2D eigenvalue weighted by atomic mass is 32.2. The predicted molar refractivity (Wildman–Crippen MR) is 328 cm³/mol. The van der Waals surface area contributed by atoms with Gasteiger partial charge in [-0.2, -0.15) is 11.8 Å². The van der Waals surface area contributed by atoms with Crippen molar-refractivity contribution in [1.29, 1.82) is 0 Å². The van der Waals surface area contributed by atoms with Crippen molar-refractivity contribution < 1.29 is 67.7 Å². The third-order valence-corrected chi connectivity index (χ3v) is 15.2. The summed E-state index contributed by atoms with van der Waals surface area (Å²) in [7, 11) is 0. The summed E-state index contributed by atoms with van der Waals surface area (Å²) in [5, 5.41) is 40.0. The summed E-state index contributed by atoms with van der Waals surface area (Å²) in [5.74, 6) is -11.2. The van der Waals surface area contributed by atoms with Crippen LogP contribution in [0, 0.1) is 5.92 Å². The molecule has 0 saturated carbocycles. The SMILES string of the molecule is CC[C@H](C)[C@H](NC(=O)CNC(=O)[C@H](Cc1ccccc1)NC(=O)[C@H](Cc1ccccc1)NC(=O)[C@H](CCC(N)=O)NC(=O)[C@H](CCC(=O)O)NC(=O)[C@H](CCCCN)NC(=O)[C@@H]1CCCN1C(=O)[C@@H](N)CCCN=C(N)N)C(=O)N[C@@H](CCSC)C(=O)O. The number of carboxylic acid groups (broad SMARTS) is 2. The van der Waals surface area contributed by atoms with Crippen molar-refractivity contribution in [3.8, 4) is 0 Å². The molecule has 0 aliphatic carbocycles. The van der Waals surface area contributed by atoms with Crippen LogP contribution in [0.2, 0.25) is 0 Å². The Morgan fingerprint density at radius 1 is 0.636 bits per heavy atom. The maximum atomic E-state index is 14.6. The minimum Gasteiger partial charge on any atom is -0.481 e. The number of nitrogens with one attached hydrogen (secondary N) is 8. The molecule has 0 aromatic heterocycles. The summed E-state index contributed by atoms with van der Waals surface area (Å²) < 4.78 is 0. The molecule has 1 aliphatic rings. The lowest BCUT2D eigenvalue weighted by Crippen LogP contribution is -2.60. The summed E-state index contributed by atoms with van der Waals surface area (Å²) in [5.41, 5.74) is 29.3. The van der Waals surface area contributed by atoms with Crippen LogP contribution in [0.1, 0.15) is 108 Å². The molecule has 1 heterocycles. The molecule has 10 amide bonds. The lowest BCUT2D eigenvalue weighted by atomic mass is 9.97. The Morgan fingerprint density at radius 3 is 1.67 bits per heavy atom. The van der Waals surface area contributed by atoms with Crippen molar-refractivity contribution in [1.82, 2.24) is 47.4 Å². The van der Waals surface area contributed by atoms with E-state index in [0.717, 1.165) is 0 Å². The first-order valence-corrected chi connectivity index (χ1v) is 30.8. The van der Waals surface area contributed by atoms with Gasteiger partial charge in [0.2, 0.25) is 59.1 Å². The summed E-state index contributed by atoms with van der Waals surface area (Å²) in [6.45, 7) is 3.45. The highest BCUT2D eigenvalue weighted by molar-refractivity contribution is 7.98. The molecule has 486 valence electrons. The largest absolute Gasteiger partial charge is 0.481 e. The fourth-order valence-corrected chi connectivity index (χ4v) is 9.93. The fraction of sp³-hybridized carbons (Fsp3) is 0.569. The van der Waals surface area contributed by atoms with Crippen LogP contribution in [0.5, 0.6) is 0 Å². The van der Waals surface area contributed by atoms with Crippen LogP contribution in [0.15, 0.2) is 65.7 Å². The molecule has 2 aromatic rings. The standard InChI is InChI=1S/C58H89N15O14S/c1-4-34(2)48(55(84)69-41(57(86)87)26-30-88-3)72-46(75)33-65-49(78)42(31-35-15-7-5-8-16-35)70-53(82)43(32-36-17-9-6-10-18-36)71-52(81)39(22-24-45(61)74)66-51(80)40(23-25-47(76)77)67-50(79)38(20-11-12-27-59)68-54(83)44-21-14-29-73(44)56(85)37(60)19-13-28-64-58(62)63/h5-10,15-18,34,37-44,48H,4,11-14,19-33,59-60H2,1-3H3,(H2,61,74)(H,65,78)(H,66,80)(H,67,79)(H,68,83)(H,69,84)(H,70,82)(H,71,81)(H,72,75)(H,76,77)(H,86,87)(H4,62,63,64)/t34-,37-,38-,39-,40-,41-,42-,43-,44-,48-/m0/s1. The zero-order chi connectivity index (χ0) is 65.3. The number of nitrogens with two attached hydrogens (primary N) is 5. The summed E-state index contributed by atoms with van der Waals surface area (Å²) in [4.78, 5) is 167. The molecule has 20 N–H and O–H groups in total. The van der Waals surface area contributed by atoms with Gasteiger partial charge in [0.25, 0.3) is 0 Å². The maximum Gasteiger partial charge on any atom is 0.326 e. The van der Waals surface area contributed by atoms with Crippen molar-refractivity contribution in [2.45, 2.75) is 165 Å². The molecule has 0 spiro atoms. The smallest absolute Gasteiger partial charge is 0.326 e. The molecule has 3 rings (SSSR count). The van der Waals surface area contributed by atoms with Gasteiger partial charge in [0.1, 0.15) is 48.3 Å². The Hall–Kier alpha value is -8.38. The highest BCUT2D eigenvalue weighted by Gasteiger charge is 2.39. The van der Waals surface area contributed by atoms with E-state index in [2.05, 4.69) is 47.5 Å².